The summed E-state index contributed by atoms with van der Waals surface area (Å²) in [6.07, 6.45) is -0.489. The number of alkyl halides is 3. The molecule has 0 bridgehead atoms. The molecule has 3 rings (SSSR count). The monoisotopic (exact) mass is 354 g/mol. The first-order valence-electron chi connectivity index (χ1n) is 9.00. The minimum absolute atomic E-state index is 0.0585. The number of carbonyl (C=O) groups excluding carboxylic acids is 1. The Morgan fingerprint density at radius 3 is 2.64 bits per heavy atom. The summed E-state index contributed by atoms with van der Waals surface area (Å²) >= 11 is 0. The smallest absolute Gasteiger partial charge is 0.342 e. The summed E-state index contributed by atoms with van der Waals surface area (Å²) in [5, 5.41) is 3.16. The van der Waals surface area contributed by atoms with E-state index in [0.717, 1.165) is 45.0 Å². The maximum Gasteiger partial charge on any atom is 0.416 e. The van der Waals surface area contributed by atoms with Gasteiger partial charge in [0.15, 0.2) is 0 Å². The van der Waals surface area contributed by atoms with Crippen LogP contribution in [0.4, 0.5) is 13.2 Å². The lowest BCUT2D eigenvalue weighted by molar-refractivity contribution is -0.137. The van der Waals surface area contributed by atoms with Gasteiger partial charge < -0.3 is 10.2 Å². The standard InChI is InChI=1S/C19H25F3N2O/c1-23-8-5-13-6-9-24(10-7-13)18(25)17-12-16(17)14-3-2-4-15(11-14)19(20,21)22/h2-4,11,13,16-17,23H,5-10,12H2,1H3. The SMILES string of the molecule is CNCCC1CCN(C(=O)C2CC2c2cccc(C(F)(F)F)c2)CC1. The van der Waals surface area contributed by atoms with Crippen molar-refractivity contribution in [1.82, 2.24) is 10.2 Å². The highest BCUT2D eigenvalue weighted by Crippen LogP contribution is 2.49. The first-order chi connectivity index (χ1) is 11.9. The molecule has 1 saturated carbocycles. The van der Waals surface area contributed by atoms with Crippen LogP contribution in [0.2, 0.25) is 0 Å². The predicted molar refractivity (Wildman–Crippen MR) is 90.1 cm³/mol. The fraction of sp³-hybridized carbons (Fsp3) is 0.632. The zero-order valence-electron chi connectivity index (χ0n) is 14.5. The second-order valence-electron chi connectivity index (χ2n) is 7.23. The fourth-order valence-electron chi connectivity index (χ4n) is 3.81. The van der Waals surface area contributed by atoms with Crippen molar-refractivity contribution in [2.45, 2.75) is 37.8 Å². The van der Waals surface area contributed by atoms with E-state index in [9.17, 15) is 18.0 Å². The summed E-state index contributed by atoms with van der Waals surface area (Å²) in [7, 11) is 1.94. The molecule has 1 N–H and O–H groups in total. The lowest BCUT2D eigenvalue weighted by Crippen LogP contribution is -2.40. The molecular formula is C19H25F3N2O. The Hall–Kier alpha value is -1.56. The van der Waals surface area contributed by atoms with Crippen LogP contribution in [-0.2, 0) is 11.0 Å². The number of amides is 1. The lowest BCUT2D eigenvalue weighted by Gasteiger charge is -2.32. The molecule has 2 fully saturated rings. The van der Waals surface area contributed by atoms with Crippen molar-refractivity contribution in [3.05, 3.63) is 35.4 Å². The Balaban J connectivity index is 1.55. The molecule has 0 aromatic heterocycles. The van der Waals surface area contributed by atoms with Crippen molar-refractivity contribution in [1.29, 1.82) is 0 Å². The minimum Gasteiger partial charge on any atom is -0.342 e. The summed E-state index contributed by atoms with van der Waals surface area (Å²) in [5.41, 5.74) is 0.00512. The summed E-state index contributed by atoms with van der Waals surface area (Å²) in [4.78, 5) is 14.5. The third kappa shape index (κ3) is 4.35. The predicted octanol–water partition coefficient (Wildman–Crippen LogP) is 3.66. The molecule has 138 valence electrons. The average Bonchev–Trinajstić information content (AvgIpc) is 3.40. The maximum absolute atomic E-state index is 12.8. The van der Waals surface area contributed by atoms with Gasteiger partial charge in [0.2, 0.25) is 5.91 Å². The van der Waals surface area contributed by atoms with Gasteiger partial charge in [0.05, 0.1) is 5.56 Å². The number of hydrogen-bond donors (Lipinski definition) is 1. The molecule has 6 heteroatoms. The molecule has 1 aliphatic carbocycles. The van der Waals surface area contributed by atoms with Crippen molar-refractivity contribution in [2.24, 2.45) is 11.8 Å². The van der Waals surface area contributed by atoms with E-state index < -0.39 is 11.7 Å². The quantitative estimate of drug-likeness (QED) is 0.875. The van der Waals surface area contributed by atoms with Gasteiger partial charge in [-0.15, -0.1) is 0 Å². The number of nitrogens with one attached hydrogen (secondary N) is 1. The summed E-state index contributed by atoms with van der Waals surface area (Å²) in [5.74, 6) is 0.582. The zero-order valence-corrected chi connectivity index (χ0v) is 14.5. The largest absolute Gasteiger partial charge is 0.416 e. The van der Waals surface area contributed by atoms with E-state index in [1.807, 2.05) is 11.9 Å². The Morgan fingerprint density at radius 1 is 1.28 bits per heavy atom. The molecule has 1 amide bonds. The maximum atomic E-state index is 12.8. The van der Waals surface area contributed by atoms with E-state index in [0.29, 0.717) is 17.9 Å². The number of carbonyl (C=O) groups is 1. The van der Waals surface area contributed by atoms with Crippen molar-refractivity contribution in [2.75, 3.05) is 26.7 Å². The molecule has 2 unspecified atom stereocenters. The van der Waals surface area contributed by atoms with Gasteiger partial charge in [-0.2, -0.15) is 13.2 Å². The normalized spacial score (nSPS) is 24.4. The number of rotatable bonds is 5. The molecule has 0 spiro atoms. The highest BCUT2D eigenvalue weighted by atomic mass is 19.4. The highest BCUT2D eigenvalue weighted by Gasteiger charge is 2.46. The average molecular weight is 354 g/mol. The second kappa shape index (κ2) is 7.36. The van der Waals surface area contributed by atoms with Crippen LogP contribution < -0.4 is 5.32 Å². The number of hydrogen-bond acceptors (Lipinski definition) is 2. The molecule has 1 aromatic rings. The van der Waals surface area contributed by atoms with Crippen LogP contribution in [0, 0.1) is 11.8 Å². The van der Waals surface area contributed by atoms with Gasteiger partial charge in [0.1, 0.15) is 0 Å². The molecule has 2 atom stereocenters. The number of piperidine rings is 1. The van der Waals surface area contributed by atoms with Crippen LogP contribution in [-0.4, -0.2) is 37.5 Å². The minimum atomic E-state index is -4.33. The number of likely N-dealkylation sites (tertiary alicyclic amines) is 1. The molecule has 3 nitrogen and oxygen atoms in total. The molecule has 1 aromatic carbocycles. The van der Waals surface area contributed by atoms with Crippen molar-refractivity contribution in [3.8, 4) is 0 Å². The van der Waals surface area contributed by atoms with E-state index >= 15 is 0 Å². The molecule has 1 heterocycles. The first kappa shape index (κ1) is 18.2. The third-order valence-electron chi connectivity index (χ3n) is 5.48. The van der Waals surface area contributed by atoms with Crippen LogP contribution in [0.15, 0.2) is 24.3 Å². The van der Waals surface area contributed by atoms with Gasteiger partial charge in [0, 0.05) is 19.0 Å². The van der Waals surface area contributed by atoms with Gasteiger partial charge in [-0.05, 0) is 62.7 Å². The Labute approximate surface area is 146 Å². The van der Waals surface area contributed by atoms with Crippen LogP contribution in [0.25, 0.3) is 0 Å². The van der Waals surface area contributed by atoms with Crippen LogP contribution in [0.3, 0.4) is 0 Å². The molecule has 1 aliphatic heterocycles. The molecule has 25 heavy (non-hydrogen) atoms. The van der Waals surface area contributed by atoms with Gasteiger partial charge in [0.25, 0.3) is 0 Å². The van der Waals surface area contributed by atoms with Gasteiger partial charge in [-0.1, -0.05) is 18.2 Å². The Morgan fingerprint density at radius 2 is 2.00 bits per heavy atom. The second-order valence-corrected chi connectivity index (χ2v) is 7.23. The van der Waals surface area contributed by atoms with Crippen LogP contribution in [0.5, 0.6) is 0 Å². The van der Waals surface area contributed by atoms with E-state index in [4.69, 9.17) is 0 Å². The Bertz CT molecular complexity index is 609. The first-order valence-corrected chi connectivity index (χ1v) is 9.00. The van der Waals surface area contributed by atoms with Gasteiger partial charge in [-0.25, -0.2) is 0 Å². The summed E-state index contributed by atoms with van der Waals surface area (Å²) in [6.45, 7) is 2.55. The van der Waals surface area contributed by atoms with Crippen LogP contribution in [0.1, 0.15) is 42.7 Å². The summed E-state index contributed by atoms with van der Waals surface area (Å²) < 4.78 is 38.5. The molecular weight excluding hydrogens is 329 g/mol. The topological polar surface area (TPSA) is 32.3 Å². The van der Waals surface area contributed by atoms with E-state index in [1.165, 1.54) is 12.1 Å². The van der Waals surface area contributed by atoms with E-state index in [2.05, 4.69) is 5.32 Å². The van der Waals surface area contributed by atoms with Gasteiger partial charge >= 0.3 is 6.18 Å². The van der Waals surface area contributed by atoms with Crippen molar-refractivity contribution >= 4 is 5.91 Å². The number of benzene rings is 1. The van der Waals surface area contributed by atoms with E-state index in [-0.39, 0.29) is 17.7 Å². The highest BCUT2D eigenvalue weighted by molar-refractivity contribution is 5.83. The van der Waals surface area contributed by atoms with Crippen LogP contribution >= 0.6 is 0 Å². The lowest BCUT2D eigenvalue weighted by atomic mass is 9.93. The zero-order chi connectivity index (χ0) is 18.0. The third-order valence-corrected chi connectivity index (χ3v) is 5.48. The molecule has 2 aliphatic rings. The summed E-state index contributed by atoms with van der Waals surface area (Å²) in [6, 6.07) is 5.42. The number of halogens is 3. The van der Waals surface area contributed by atoms with Gasteiger partial charge in [-0.3, -0.25) is 4.79 Å². The van der Waals surface area contributed by atoms with Crippen molar-refractivity contribution in [3.63, 3.8) is 0 Å². The fourth-order valence-corrected chi connectivity index (χ4v) is 3.81. The van der Waals surface area contributed by atoms with Crippen molar-refractivity contribution < 1.29 is 18.0 Å². The molecule has 0 radical (unpaired) electrons. The Kier molecular flexibility index (Phi) is 5.37. The molecule has 1 saturated heterocycles. The van der Waals surface area contributed by atoms with E-state index in [1.54, 1.807) is 6.07 Å². The number of nitrogens with zero attached hydrogens (tertiary/aromatic N) is 1.